The molecule has 0 N–H and O–H groups in total. The molecule has 0 saturated carbocycles. The Bertz CT molecular complexity index is 1040. The topological polar surface area (TPSA) is 56.0 Å². The highest BCUT2D eigenvalue weighted by atomic mass is 35.5. The first-order valence-electron chi connectivity index (χ1n) is 9.09. The maximum atomic E-state index is 12.9. The number of anilines is 1. The van der Waals surface area contributed by atoms with Crippen molar-refractivity contribution in [2.75, 3.05) is 11.4 Å². The van der Waals surface area contributed by atoms with Gasteiger partial charge in [-0.3, -0.25) is 9.48 Å². The number of hydrogen-bond acceptors (Lipinski definition) is 4. The van der Waals surface area contributed by atoms with E-state index in [4.69, 9.17) is 11.6 Å². The summed E-state index contributed by atoms with van der Waals surface area (Å²) in [6.07, 6.45) is 3.75. The van der Waals surface area contributed by atoms with Crippen molar-refractivity contribution in [1.29, 1.82) is 0 Å². The molecule has 140 valence electrons. The number of nitrogens with zero attached hydrogens (tertiary/aromatic N) is 5. The third-order valence-corrected chi connectivity index (χ3v) is 5.72. The average molecular weight is 384 g/mol. The van der Waals surface area contributed by atoms with Gasteiger partial charge in [0.05, 0.1) is 29.3 Å². The highest BCUT2D eigenvalue weighted by Crippen LogP contribution is 2.40. The van der Waals surface area contributed by atoms with E-state index in [9.17, 15) is 4.79 Å². The first-order chi connectivity index (χ1) is 13.0. The molecule has 0 amide bonds. The largest absolute Gasteiger partial charge is 0.362 e. The highest BCUT2D eigenvalue weighted by Gasteiger charge is 2.32. The number of aromatic nitrogens is 4. The molecule has 1 aliphatic rings. The lowest BCUT2D eigenvalue weighted by Gasteiger charge is -2.28. The molecule has 1 saturated heterocycles. The van der Waals surface area contributed by atoms with E-state index in [0.29, 0.717) is 11.4 Å². The van der Waals surface area contributed by atoms with Gasteiger partial charge in [0, 0.05) is 24.8 Å². The van der Waals surface area contributed by atoms with E-state index < -0.39 is 0 Å². The van der Waals surface area contributed by atoms with E-state index in [1.165, 1.54) is 10.2 Å². The number of rotatable bonds is 3. The molecule has 0 spiro atoms. The van der Waals surface area contributed by atoms with Crippen molar-refractivity contribution in [3.8, 4) is 5.69 Å². The van der Waals surface area contributed by atoms with Gasteiger partial charge >= 0.3 is 0 Å². The highest BCUT2D eigenvalue weighted by molar-refractivity contribution is 6.33. The van der Waals surface area contributed by atoms with Crippen LogP contribution in [0.5, 0.6) is 0 Å². The van der Waals surface area contributed by atoms with Crippen molar-refractivity contribution >= 4 is 17.3 Å². The van der Waals surface area contributed by atoms with Crippen LogP contribution in [0.4, 0.5) is 5.69 Å². The van der Waals surface area contributed by atoms with Gasteiger partial charge in [0.15, 0.2) is 0 Å². The smallest absolute Gasteiger partial charge is 0.292 e. The van der Waals surface area contributed by atoms with Gasteiger partial charge < -0.3 is 4.90 Å². The van der Waals surface area contributed by atoms with Crippen molar-refractivity contribution in [3.63, 3.8) is 0 Å². The normalized spacial score (nSPS) is 16.9. The van der Waals surface area contributed by atoms with E-state index in [-0.39, 0.29) is 16.6 Å². The van der Waals surface area contributed by atoms with Crippen molar-refractivity contribution in [2.45, 2.75) is 32.7 Å². The molecule has 4 rings (SSSR count). The summed E-state index contributed by atoms with van der Waals surface area (Å²) in [6.45, 7) is 4.96. The second kappa shape index (κ2) is 6.85. The zero-order valence-corrected chi connectivity index (χ0v) is 16.4. The molecule has 0 bridgehead atoms. The van der Waals surface area contributed by atoms with Crippen molar-refractivity contribution in [3.05, 3.63) is 68.9 Å². The molecule has 6 nitrogen and oxygen atoms in total. The molecule has 0 radical (unpaired) electrons. The van der Waals surface area contributed by atoms with Crippen LogP contribution in [-0.2, 0) is 7.05 Å². The second-order valence-electron chi connectivity index (χ2n) is 6.96. The van der Waals surface area contributed by atoms with Crippen LogP contribution in [0, 0.1) is 13.8 Å². The van der Waals surface area contributed by atoms with Gasteiger partial charge in [-0.1, -0.05) is 29.8 Å². The van der Waals surface area contributed by atoms with Crippen molar-refractivity contribution in [2.24, 2.45) is 7.05 Å². The van der Waals surface area contributed by atoms with Crippen LogP contribution in [0.3, 0.4) is 0 Å². The number of para-hydroxylation sites is 1. The SMILES string of the molecule is Cc1nn(C)c(C)c1C1CCCN1c1cnn(-c2ccccc2)c(=O)c1Cl. The minimum atomic E-state index is -0.300. The molecule has 1 fully saturated rings. The molecule has 1 unspecified atom stereocenters. The van der Waals surface area contributed by atoms with E-state index >= 15 is 0 Å². The second-order valence-corrected chi connectivity index (χ2v) is 7.33. The summed E-state index contributed by atoms with van der Waals surface area (Å²) < 4.78 is 3.26. The fourth-order valence-corrected chi connectivity index (χ4v) is 4.24. The first kappa shape index (κ1) is 17.8. The Morgan fingerprint density at radius 1 is 1.19 bits per heavy atom. The maximum Gasteiger partial charge on any atom is 0.292 e. The average Bonchev–Trinajstić information content (AvgIpc) is 3.22. The quantitative estimate of drug-likeness (QED) is 0.693. The lowest BCUT2D eigenvalue weighted by Crippen LogP contribution is -2.29. The van der Waals surface area contributed by atoms with Crippen molar-refractivity contribution in [1.82, 2.24) is 19.6 Å². The molecule has 1 aliphatic heterocycles. The predicted octanol–water partition coefficient (Wildman–Crippen LogP) is 3.58. The van der Waals surface area contributed by atoms with Crippen LogP contribution < -0.4 is 10.5 Å². The fourth-order valence-electron chi connectivity index (χ4n) is 4.00. The van der Waals surface area contributed by atoms with E-state index in [0.717, 1.165) is 30.8 Å². The van der Waals surface area contributed by atoms with Crippen molar-refractivity contribution < 1.29 is 0 Å². The van der Waals surface area contributed by atoms with E-state index in [1.54, 1.807) is 6.20 Å². The minimum absolute atomic E-state index is 0.157. The zero-order valence-electron chi connectivity index (χ0n) is 15.7. The number of aryl methyl sites for hydroxylation is 2. The summed E-state index contributed by atoms with van der Waals surface area (Å²) in [5.74, 6) is 0. The Morgan fingerprint density at radius 3 is 2.59 bits per heavy atom. The molecular formula is C20H22ClN5O. The van der Waals surface area contributed by atoms with Gasteiger partial charge in [0.25, 0.3) is 5.56 Å². The van der Waals surface area contributed by atoms with Crippen LogP contribution in [-0.4, -0.2) is 26.1 Å². The molecule has 3 aromatic rings. The van der Waals surface area contributed by atoms with Crippen LogP contribution in [0.2, 0.25) is 5.02 Å². The summed E-state index contributed by atoms with van der Waals surface area (Å²) in [7, 11) is 1.96. The summed E-state index contributed by atoms with van der Waals surface area (Å²) in [4.78, 5) is 15.1. The molecule has 1 aromatic carbocycles. The molecule has 0 aliphatic carbocycles. The molecule has 27 heavy (non-hydrogen) atoms. The molecule has 1 atom stereocenters. The summed E-state index contributed by atoms with van der Waals surface area (Å²) in [5.41, 5.74) is 4.48. The van der Waals surface area contributed by atoms with Gasteiger partial charge in [0.1, 0.15) is 5.02 Å². The number of halogens is 1. The van der Waals surface area contributed by atoms with Crippen LogP contribution >= 0.6 is 11.6 Å². The maximum absolute atomic E-state index is 12.9. The Morgan fingerprint density at radius 2 is 1.93 bits per heavy atom. The predicted molar refractivity (Wildman–Crippen MR) is 107 cm³/mol. The Balaban J connectivity index is 1.77. The lowest BCUT2D eigenvalue weighted by atomic mass is 10.0. The molecule has 3 heterocycles. The summed E-state index contributed by atoms with van der Waals surface area (Å²) >= 11 is 6.53. The van der Waals surface area contributed by atoms with Gasteiger partial charge in [0.2, 0.25) is 0 Å². The van der Waals surface area contributed by atoms with Gasteiger partial charge in [-0.15, -0.1) is 0 Å². The summed E-state index contributed by atoms with van der Waals surface area (Å²) in [6, 6.07) is 9.48. The third-order valence-electron chi connectivity index (χ3n) is 5.36. The van der Waals surface area contributed by atoms with E-state index in [2.05, 4.69) is 22.0 Å². The Hall–Kier alpha value is -2.60. The zero-order chi connectivity index (χ0) is 19.1. The standard InChI is InChI=1S/C20H22ClN5O/c1-13-18(14(2)24(3)23-13)16-10-7-11-25(16)17-12-22-26(20(27)19(17)21)15-8-5-4-6-9-15/h4-6,8-9,12,16H,7,10-11H2,1-3H3. The molecule has 7 heteroatoms. The van der Waals surface area contributed by atoms with Crippen LogP contribution in [0.15, 0.2) is 41.3 Å². The minimum Gasteiger partial charge on any atom is -0.362 e. The van der Waals surface area contributed by atoms with Gasteiger partial charge in [-0.2, -0.15) is 14.9 Å². The first-order valence-corrected chi connectivity index (χ1v) is 9.47. The van der Waals surface area contributed by atoms with Gasteiger partial charge in [-0.25, -0.2) is 0 Å². The molecular weight excluding hydrogens is 362 g/mol. The third kappa shape index (κ3) is 2.94. The van der Waals surface area contributed by atoms with Crippen LogP contribution in [0.1, 0.15) is 35.8 Å². The summed E-state index contributed by atoms with van der Waals surface area (Å²) in [5, 5.41) is 9.15. The number of benzene rings is 1. The lowest BCUT2D eigenvalue weighted by molar-refractivity contribution is 0.693. The van der Waals surface area contributed by atoms with E-state index in [1.807, 2.05) is 49.0 Å². The van der Waals surface area contributed by atoms with Gasteiger partial charge in [-0.05, 0) is 38.8 Å². The monoisotopic (exact) mass is 383 g/mol. The Labute approximate surface area is 163 Å². The fraction of sp³-hybridized carbons (Fsp3) is 0.350. The number of hydrogen-bond donors (Lipinski definition) is 0. The Kier molecular flexibility index (Phi) is 4.52. The molecule has 2 aromatic heterocycles. The van der Waals surface area contributed by atoms with Crippen LogP contribution in [0.25, 0.3) is 5.69 Å².